The fourth-order valence-corrected chi connectivity index (χ4v) is 1.13. The van der Waals surface area contributed by atoms with Crippen LogP contribution in [0.4, 0.5) is 8.78 Å². The molecule has 92 valence electrons. The molecule has 0 amide bonds. The molecule has 0 spiro atoms. The van der Waals surface area contributed by atoms with E-state index in [9.17, 15) is 8.78 Å². The van der Waals surface area contributed by atoms with Gasteiger partial charge in [0.1, 0.15) is 6.61 Å². The van der Waals surface area contributed by atoms with Crippen LogP contribution in [-0.2, 0) is 11.3 Å². The summed E-state index contributed by atoms with van der Waals surface area (Å²) in [5.41, 5.74) is 0. The van der Waals surface area contributed by atoms with E-state index in [1.54, 1.807) is 7.05 Å². The highest BCUT2D eigenvalue weighted by atomic mass is 19.3. The van der Waals surface area contributed by atoms with Gasteiger partial charge in [0.15, 0.2) is 5.82 Å². The van der Waals surface area contributed by atoms with Crippen molar-refractivity contribution in [2.75, 3.05) is 20.3 Å². The van der Waals surface area contributed by atoms with Crippen LogP contribution in [0.15, 0.2) is 0 Å². The van der Waals surface area contributed by atoms with Crippen LogP contribution in [0.2, 0.25) is 0 Å². The molecule has 0 aliphatic heterocycles. The van der Waals surface area contributed by atoms with Crippen molar-refractivity contribution in [1.29, 1.82) is 0 Å². The van der Waals surface area contributed by atoms with Crippen molar-refractivity contribution in [3.05, 3.63) is 5.82 Å². The van der Waals surface area contributed by atoms with Crippen LogP contribution >= 0.6 is 0 Å². The number of halogens is 2. The summed E-state index contributed by atoms with van der Waals surface area (Å²) < 4.78 is 29.8. The lowest BCUT2D eigenvalue weighted by atomic mass is 10.3. The van der Waals surface area contributed by atoms with Gasteiger partial charge in [0, 0.05) is 0 Å². The number of hydrogen-bond acceptors (Lipinski definition) is 5. The lowest BCUT2D eigenvalue weighted by molar-refractivity contribution is 0.0136. The summed E-state index contributed by atoms with van der Waals surface area (Å²) in [6.07, 6.45) is -2.44. The largest absolute Gasteiger partial charge is 0.374 e. The van der Waals surface area contributed by atoms with E-state index in [2.05, 4.69) is 20.8 Å². The summed E-state index contributed by atoms with van der Waals surface area (Å²) >= 11 is 0. The maximum atomic E-state index is 11.8. The van der Waals surface area contributed by atoms with Crippen molar-refractivity contribution >= 4 is 0 Å². The van der Waals surface area contributed by atoms with Gasteiger partial charge in [-0.15, -0.1) is 5.10 Å². The van der Waals surface area contributed by atoms with Crippen LogP contribution < -0.4 is 5.32 Å². The van der Waals surface area contributed by atoms with E-state index < -0.39 is 13.0 Å². The maximum absolute atomic E-state index is 11.8. The van der Waals surface area contributed by atoms with E-state index in [1.807, 2.05) is 6.92 Å². The predicted octanol–water partition coefficient (Wildman–Crippen LogP) is 0.235. The average molecular weight is 235 g/mol. The van der Waals surface area contributed by atoms with Gasteiger partial charge >= 0.3 is 0 Å². The lowest BCUT2D eigenvalue weighted by Gasteiger charge is -2.10. The molecule has 0 saturated carbocycles. The number of nitrogens with zero attached hydrogens (tertiary/aromatic N) is 4. The minimum Gasteiger partial charge on any atom is -0.374 e. The van der Waals surface area contributed by atoms with Gasteiger partial charge in [-0.25, -0.2) is 13.5 Å². The molecular formula is C8H15F2N5O. The Morgan fingerprint density at radius 1 is 1.50 bits per heavy atom. The summed E-state index contributed by atoms with van der Waals surface area (Å²) in [5, 5.41) is 14.1. The molecule has 1 rings (SSSR count). The van der Waals surface area contributed by atoms with E-state index >= 15 is 0 Å². The highest BCUT2D eigenvalue weighted by molar-refractivity contribution is 4.88. The fraction of sp³-hybridized carbons (Fsp3) is 0.875. The Labute approximate surface area is 92.0 Å². The van der Waals surface area contributed by atoms with Gasteiger partial charge in [0.05, 0.1) is 19.2 Å². The van der Waals surface area contributed by atoms with Gasteiger partial charge < -0.3 is 10.1 Å². The highest BCUT2D eigenvalue weighted by Gasteiger charge is 2.12. The standard InChI is InChI=1S/C8H15F2N5O/c1-6(11-2)8-12-13-14-15(8)3-4-16-5-7(9)10/h6-7,11H,3-5H2,1-2H3. The molecule has 0 bridgehead atoms. The number of rotatable bonds is 7. The normalized spacial score (nSPS) is 13.3. The maximum Gasteiger partial charge on any atom is 0.261 e. The molecule has 1 unspecified atom stereocenters. The van der Waals surface area contributed by atoms with Crippen molar-refractivity contribution in [2.45, 2.75) is 25.9 Å². The van der Waals surface area contributed by atoms with Gasteiger partial charge in [0.2, 0.25) is 0 Å². The van der Waals surface area contributed by atoms with E-state index in [0.717, 1.165) is 0 Å². The van der Waals surface area contributed by atoms with Crippen molar-refractivity contribution < 1.29 is 13.5 Å². The number of tetrazole rings is 1. The minimum atomic E-state index is -2.44. The van der Waals surface area contributed by atoms with Gasteiger partial charge in [-0.2, -0.15) is 0 Å². The van der Waals surface area contributed by atoms with Crippen molar-refractivity contribution in [1.82, 2.24) is 25.5 Å². The second-order valence-electron chi connectivity index (χ2n) is 3.24. The second-order valence-corrected chi connectivity index (χ2v) is 3.24. The third-order valence-corrected chi connectivity index (χ3v) is 2.07. The van der Waals surface area contributed by atoms with E-state index in [-0.39, 0.29) is 12.6 Å². The van der Waals surface area contributed by atoms with E-state index in [0.29, 0.717) is 12.4 Å². The number of nitrogens with one attached hydrogen (secondary N) is 1. The van der Waals surface area contributed by atoms with Crippen LogP contribution in [0.5, 0.6) is 0 Å². The van der Waals surface area contributed by atoms with Crippen molar-refractivity contribution in [2.24, 2.45) is 0 Å². The molecule has 0 fully saturated rings. The highest BCUT2D eigenvalue weighted by Crippen LogP contribution is 2.05. The predicted molar refractivity (Wildman–Crippen MR) is 52.1 cm³/mol. The van der Waals surface area contributed by atoms with E-state index in [1.165, 1.54) is 4.68 Å². The summed E-state index contributed by atoms with van der Waals surface area (Å²) in [6, 6.07) is 0.00472. The molecule has 0 aromatic carbocycles. The topological polar surface area (TPSA) is 64.9 Å². The zero-order valence-electron chi connectivity index (χ0n) is 9.23. The average Bonchev–Trinajstić information content (AvgIpc) is 2.71. The first-order chi connectivity index (χ1) is 7.65. The number of alkyl halides is 2. The number of aromatic nitrogens is 4. The molecule has 1 aromatic heterocycles. The first-order valence-electron chi connectivity index (χ1n) is 4.94. The quantitative estimate of drug-likeness (QED) is 0.686. The molecule has 8 heteroatoms. The molecular weight excluding hydrogens is 220 g/mol. The van der Waals surface area contributed by atoms with Crippen LogP contribution in [0.1, 0.15) is 18.8 Å². The van der Waals surface area contributed by atoms with Gasteiger partial charge in [-0.1, -0.05) is 0 Å². The van der Waals surface area contributed by atoms with Gasteiger partial charge in [-0.3, -0.25) is 0 Å². The number of hydrogen-bond donors (Lipinski definition) is 1. The SMILES string of the molecule is CNC(C)c1nnnn1CCOCC(F)F. The Balaban J connectivity index is 2.39. The Bertz CT molecular complexity index is 306. The van der Waals surface area contributed by atoms with E-state index in [4.69, 9.17) is 4.74 Å². The summed E-state index contributed by atoms with van der Waals surface area (Å²) in [4.78, 5) is 0. The molecule has 1 aromatic rings. The fourth-order valence-electron chi connectivity index (χ4n) is 1.13. The smallest absolute Gasteiger partial charge is 0.261 e. The molecule has 1 N–H and O–H groups in total. The van der Waals surface area contributed by atoms with Gasteiger partial charge in [0.25, 0.3) is 6.43 Å². The summed E-state index contributed by atoms with van der Waals surface area (Å²) in [7, 11) is 1.79. The minimum absolute atomic E-state index is 0.00472. The molecule has 0 aliphatic rings. The number of ether oxygens (including phenoxy) is 1. The van der Waals surface area contributed by atoms with Crippen molar-refractivity contribution in [3.8, 4) is 0 Å². The molecule has 1 heterocycles. The zero-order chi connectivity index (χ0) is 12.0. The van der Waals surface area contributed by atoms with Crippen LogP contribution in [-0.4, -0.2) is 46.9 Å². The second kappa shape index (κ2) is 6.44. The van der Waals surface area contributed by atoms with Gasteiger partial charge in [-0.05, 0) is 24.4 Å². The lowest BCUT2D eigenvalue weighted by Crippen LogP contribution is -2.20. The molecule has 6 nitrogen and oxygen atoms in total. The molecule has 0 radical (unpaired) electrons. The Hall–Kier alpha value is -1.15. The Morgan fingerprint density at radius 2 is 2.25 bits per heavy atom. The summed E-state index contributed by atoms with van der Waals surface area (Å²) in [5.74, 6) is 0.656. The summed E-state index contributed by atoms with van der Waals surface area (Å²) in [6.45, 7) is 1.88. The molecule has 0 saturated heterocycles. The molecule has 0 aliphatic carbocycles. The monoisotopic (exact) mass is 235 g/mol. The molecule has 16 heavy (non-hydrogen) atoms. The molecule has 1 atom stereocenters. The first kappa shape index (κ1) is 12.9. The van der Waals surface area contributed by atoms with Crippen LogP contribution in [0.3, 0.4) is 0 Å². The Kier molecular flexibility index (Phi) is 5.20. The Morgan fingerprint density at radius 3 is 2.88 bits per heavy atom. The zero-order valence-corrected chi connectivity index (χ0v) is 9.23. The first-order valence-corrected chi connectivity index (χ1v) is 4.94. The van der Waals surface area contributed by atoms with Crippen LogP contribution in [0, 0.1) is 0 Å². The van der Waals surface area contributed by atoms with Crippen LogP contribution in [0.25, 0.3) is 0 Å². The third-order valence-electron chi connectivity index (χ3n) is 2.07. The third kappa shape index (κ3) is 3.78. The van der Waals surface area contributed by atoms with Crippen molar-refractivity contribution in [3.63, 3.8) is 0 Å².